The van der Waals surface area contributed by atoms with E-state index in [1.165, 1.54) is 6.07 Å². The molecule has 0 spiro atoms. The smallest absolute Gasteiger partial charge is 0.251 e. The molecule has 0 radical (unpaired) electrons. The second-order valence-electron chi connectivity index (χ2n) is 7.43. The molecule has 8 heteroatoms. The highest BCUT2D eigenvalue weighted by Crippen LogP contribution is 2.22. The Morgan fingerprint density at radius 1 is 1.30 bits per heavy atom. The molecule has 1 saturated heterocycles. The van der Waals surface area contributed by atoms with Crippen LogP contribution in [0.5, 0.6) is 0 Å². The Bertz CT molecular complexity index is 602. The first-order valence-electron chi connectivity index (χ1n) is 9.04. The van der Waals surface area contributed by atoms with Crippen LogP contribution in [0.1, 0.15) is 32.3 Å². The molecule has 0 amide bonds. The summed E-state index contributed by atoms with van der Waals surface area (Å²) in [5.74, 6) is 0.440. The molecule has 0 bridgehead atoms. The number of aliphatic imine (C=N–C) groups is 1. The van der Waals surface area contributed by atoms with Crippen molar-refractivity contribution in [2.45, 2.75) is 44.6 Å². The summed E-state index contributed by atoms with van der Waals surface area (Å²) >= 11 is 0. The summed E-state index contributed by atoms with van der Waals surface area (Å²) in [6, 6.07) is 6.84. The van der Waals surface area contributed by atoms with Crippen molar-refractivity contribution in [1.29, 1.82) is 0 Å². The molecule has 2 N–H and O–H groups in total. The first kappa shape index (κ1) is 24.0. The number of piperidine rings is 1. The third-order valence-corrected chi connectivity index (χ3v) is 4.85. The maximum Gasteiger partial charge on any atom is 0.251 e. The minimum Gasteiger partial charge on any atom is -0.356 e. The average molecular weight is 498 g/mol. The molecule has 0 unspecified atom stereocenters. The Labute approximate surface area is 177 Å². The summed E-state index contributed by atoms with van der Waals surface area (Å²) in [5.41, 5.74) is 0.654. The Balaban J connectivity index is 0.00000364. The van der Waals surface area contributed by atoms with E-state index < -0.39 is 6.43 Å². The van der Waals surface area contributed by atoms with Crippen LogP contribution in [0.25, 0.3) is 0 Å². The zero-order valence-corrected chi connectivity index (χ0v) is 18.5. The first-order chi connectivity index (χ1) is 12.3. The van der Waals surface area contributed by atoms with E-state index >= 15 is 0 Å². The summed E-state index contributed by atoms with van der Waals surface area (Å²) in [6.45, 7) is 5.86. The molecular formula is C19H30F3IN4. The number of likely N-dealkylation sites (tertiary alicyclic amines) is 1. The number of hydrogen-bond acceptors (Lipinski definition) is 2. The largest absolute Gasteiger partial charge is 0.356 e. The van der Waals surface area contributed by atoms with Crippen molar-refractivity contribution < 1.29 is 13.2 Å². The predicted molar refractivity (Wildman–Crippen MR) is 115 cm³/mol. The Kier molecular flexibility index (Phi) is 9.86. The molecule has 27 heavy (non-hydrogen) atoms. The van der Waals surface area contributed by atoms with Gasteiger partial charge in [0.2, 0.25) is 0 Å². The lowest BCUT2D eigenvalue weighted by atomic mass is 9.84. The van der Waals surface area contributed by atoms with Crippen LogP contribution in [-0.4, -0.2) is 56.6 Å². The highest BCUT2D eigenvalue weighted by atomic mass is 127. The quantitative estimate of drug-likeness (QED) is 0.358. The van der Waals surface area contributed by atoms with Crippen LogP contribution < -0.4 is 10.6 Å². The molecular weight excluding hydrogens is 468 g/mol. The highest BCUT2D eigenvalue weighted by Gasteiger charge is 2.24. The number of benzene rings is 1. The minimum absolute atomic E-state index is 0. The van der Waals surface area contributed by atoms with Gasteiger partial charge in [0.1, 0.15) is 5.82 Å². The summed E-state index contributed by atoms with van der Waals surface area (Å²) in [4.78, 5) is 6.05. The van der Waals surface area contributed by atoms with Gasteiger partial charge < -0.3 is 10.6 Å². The van der Waals surface area contributed by atoms with Crippen LogP contribution in [-0.2, 0) is 5.41 Å². The zero-order valence-electron chi connectivity index (χ0n) is 16.1. The molecule has 1 heterocycles. The van der Waals surface area contributed by atoms with Crippen molar-refractivity contribution in [3.05, 3.63) is 35.6 Å². The van der Waals surface area contributed by atoms with Gasteiger partial charge in [-0.15, -0.1) is 24.0 Å². The van der Waals surface area contributed by atoms with E-state index in [9.17, 15) is 13.2 Å². The molecule has 1 aromatic carbocycles. The van der Waals surface area contributed by atoms with Gasteiger partial charge in [-0.05, 0) is 30.5 Å². The summed E-state index contributed by atoms with van der Waals surface area (Å²) in [7, 11) is 1.70. The van der Waals surface area contributed by atoms with Gasteiger partial charge in [0.05, 0.1) is 6.54 Å². The van der Waals surface area contributed by atoms with E-state index in [2.05, 4.69) is 15.6 Å². The van der Waals surface area contributed by atoms with Crippen molar-refractivity contribution >= 4 is 29.9 Å². The summed E-state index contributed by atoms with van der Waals surface area (Å²) in [5, 5.41) is 6.67. The topological polar surface area (TPSA) is 39.7 Å². The number of guanidine groups is 1. The van der Waals surface area contributed by atoms with Crippen LogP contribution in [0.3, 0.4) is 0 Å². The summed E-state index contributed by atoms with van der Waals surface area (Å²) in [6.07, 6.45) is -0.666. The predicted octanol–water partition coefficient (Wildman–Crippen LogP) is 3.62. The van der Waals surface area contributed by atoms with Gasteiger partial charge in [-0.25, -0.2) is 13.2 Å². The third kappa shape index (κ3) is 7.85. The fourth-order valence-electron chi connectivity index (χ4n) is 3.16. The van der Waals surface area contributed by atoms with Crippen LogP contribution in [0, 0.1) is 5.82 Å². The molecule has 1 aliphatic rings. The van der Waals surface area contributed by atoms with Gasteiger partial charge in [0, 0.05) is 38.1 Å². The van der Waals surface area contributed by atoms with Gasteiger partial charge in [0.15, 0.2) is 5.96 Å². The normalized spacial score (nSPS) is 16.9. The molecule has 0 atom stereocenters. The van der Waals surface area contributed by atoms with Crippen LogP contribution in [0.2, 0.25) is 0 Å². The van der Waals surface area contributed by atoms with E-state index in [-0.39, 0.29) is 47.8 Å². The second-order valence-corrected chi connectivity index (χ2v) is 7.43. The Hall–Kier alpha value is -1.03. The number of nitrogens with one attached hydrogen (secondary N) is 2. The lowest BCUT2D eigenvalue weighted by molar-refractivity contribution is 0.0744. The van der Waals surface area contributed by atoms with Gasteiger partial charge in [-0.3, -0.25) is 9.89 Å². The van der Waals surface area contributed by atoms with Crippen molar-refractivity contribution in [3.8, 4) is 0 Å². The van der Waals surface area contributed by atoms with Crippen molar-refractivity contribution in [2.75, 3.05) is 33.2 Å². The minimum atomic E-state index is -2.28. The second kappa shape index (κ2) is 11.1. The fraction of sp³-hybridized carbons (Fsp3) is 0.632. The van der Waals surface area contributed by atoms with E-state index in [4.69, 9.17) is 0 Å². The molecule has 0 saturated carbocycles. The van der Waals surface area contributed by atoms with E-state index in [0.717, 1.165) is 18.4 Å². The summed E-state index contributed by atoms with van der Waals surface area (Å²) < 4.78 is 38.4. The Morgan fingerprint density at radius 3 is 2.52 bits per heavy atom. The van der Waals surface area contributed by atoms with E-state index in [1.807, 2.05) is 19.9 Å². The first-order valence-corrected chi connectivity index (χ1v) is 9.04. The maximum absolute atomic E-state index is 13.5. The van der Waals surface area contributed by atoms with Gasteiger partial charge in [-0.1, -0.05) is 26.0 Å². The van der Waals surface area contributed by atoms with Crippen molar-refractivity contribution in [2.24, 2.45) is 4.99 Å². The molecule has 1 aliphatic heterocycles. The van der Waals surface area contributed by atoms with E-state index in [1.54, 1.807) is 24.1 Å². The number of rotatable bonds is 6. The molecule has 0 aromatic heterocycles. The van der Waals surface area contributed by atoms with Gasteiger partial charge in [-0.2, -0.15) is 0 Å². The molecule has 1 fully saturated rings. The number of nitrogens with zero attached hydrogens (tertiary/aromatic N) is 2. The third-order valence-electron chi connectivity index (χ3n) is 4.85. The van der Waals surface area contributed by atoms with Crippen molar-refractivity contribution in [1.82, 2.24) is 15.5 Å². The van der Waals surface area contributed by atoms with E-state index in [0.29, 0.717) is 25.6 Å². The lowest BCUT2D eigenvalue weighted by Crippen LogP contribution is -2.51. The van der Waals surface area contributed by atoms with Gasteiger partial charge >= 0.3 is 0 Å². The molecule has 0 aliphatic carbocycles. The average Bonchev–Trinajstić information content (AvgIpc) is 2.59. The molecule has 4 nitrogen and oxygen atoms in total. The van der Waals surface area contributed by atoms with Gasteiger partial charge in [0.25, 0.3) is 6.43 Å². The number of halogens is 4. The zero-order chi connectivity index (χ0) is 19.2. The monoisotopic (exact) mass is 498 g/mol. The lowest BCUT2D eigenvalue weighted by Gasteiger charge is -2.33. The Morgan fingerprint density at radius 2 is 1.96 bits per heavy atom. The van der Waals surface area contributed by atoms with Crippen molar-refractivity contribution in [3.63, 3.8) is 0 Å². The SMILES string of the molecule is CN=C(NCC(C)(C)c1cccc(F)c1)NC1CCN(CC(F)F)CC1.I. The highest BCUT2D eigenvalue weighted by molar-refractivity contribution is 14.0. The van der Waals surface area contributed by atoms with Crippen LogP contribution >= 0.6 is 24.0 Å². The molecule has 2 rings (SSSR count). The number of alkyl halides is 2. The number of hydrogen-bond donors (Lipinski definition) is 2. The van der Waals surface area contributed by atoms with Crippen LogP contribution in [0.15, 0.2) is 29.3 Å². The fourth-order valence-corrected chi connectivity index (χ4v) is 3.16. The molecule has 154 valence electrons. The standard InChI is InChI=1S/C19H29F3N4.HI/c1-19(2,14-5-4-6-15(20)11-14)13-24-18(23-3)25-16-7-9-26(10-8-16)12-17(21)22;/h4-6,11,16-17H,7-10,12-13H2,1-3H3,(H2,23,24,25);1H. The molecule has 1 aromatic rings. The maximum atomic E-state index is 13.5. The van der Waals surface area contributed by atoms with Crippen LogP contribution in [0.4, 0.5) is 13.2 Å².